The number of esters is 1. The molecule has 0 aliphatic carbocycles. The lowest BCUT2D eigenvalue weighted by Crippen LogP contribution is -2.41. The first kappa shape index (κ1) is 35.9. The number of methoxy groups -OCH3 is 1. The number of hydrogen-bond acceptors (Lipinski definition) is 5. The lowest BCUT2D eigenvalue weighted by molar-refractivity contribution is -0.145. The van der Waals surface area contributed by atoms with Gasteiger partial charge in [-0.05, 0) is 85.0 Å². The Hall–Kier alpha value is -3.09. The molecule has 0 radical (unpaired) electrons. The van der Waals surface area contributed by atoms with E-state index in [1.807, 2.05) is 0 Å². The highest BCUT2D eigenvalue weighted by Crippen LogP contribution is 2.08. The number of carbonyl (C=O) groups excluding carboxylic acids is 3. The van der Waals surface area contributed by atoms with Gasteiger partial charge in [-0.1, -0.05) is 67.7 Å². The molecule has 1 unspecified atom stereocenters. The summed E-state index contributed by atoms with van der Waals surface area (Å²) in [6, 6.07) is -0.683. The van der Waals surface area contributed by atoms with Gasteiger partial charge in [0.15, 0.2) is 0 Å². The van der Waals surface area contributed by atoms with Crippen molar-refractivity contribution in [3.8, 4) is 0 Å². The largest absolute Gasteiger partial charge is 0.467 e. The number of unbranched alkanes of at least 4 members (excludes halogenated alkanes) is 2. The van der Waals surface area contributed by atoms with E-state index in [2.05, 4.69) is 78.3 Å². The second kappa shape index (κ2) is 24.0. The standard InChI is InChI=1S/C32H52N2O5/c1-6-7-8-9-10-11-12-13-14-15-16-17-18-19-20-21-22-26-29(35)34-28(30(36)38-5)25-23-24-27-33-31(37)39-32(2,3)4/h7-8,10-11,13-14,16-17,19-20,28H,6,9,12,15,18,21-27H2,1-5H3,(H,33,37)(H,34,35). The summed E-state index contributed by atoms with van der Waals surface area (Å²) in [5.41, 5.74) is -0.543. The van der Waals surface area contributed by atoms with Crippen molar-refractivity contribution >= 4 is 18.0 Å². The number of ether oxygens (including phenoxy) is 2. The third-order valence-corrected chi connectivity index (χ3v) is 5.34. The van der Waals surface area contributed by atoms with E-state index in [0.717, 1.165) is 38.5 Å². The van der Waals surface area contributed by atoms with Crippen LogP contribution in [0.1, 0.15) is 98.3 Å². The fourth-order valence-corrected chi connectivity index (χ4v) is 3.38. The minimum absolute atomic E-state index is 0.162. The fourth-order valence-electron chi connectivity index (χ4n) is 3.38. The number of alkyl carbamates (subject to hydrolysis) is 1. The Morgan fingerprint density at radius 2 is 1.31 bits per heavy atom. The van der Waals surface area contributed by atoms with Gasteiger partial charge in [0, 0.05) is 13.0 Å². The van der Waals surface area contributed by atoms with Crippen LogP contribution in [0.5, 0.6) is 0 Å². The van der Waals surface area contributed by atoms with Crippen LogP contribution in [0.25, 0.3) is 0 Å². The molecule has 0 aromatic carbocycles. The Kier molecular flexibility index (Phi) is 22.1. The van der Waals surface area contributed by atoms with E-state index in [9.17, 15) is 14.4 Å². The third-order valence-electron chi connectivity index (χ3n) is 5.34. The van der Waals surface area contributed by atoms with E-state index in [0.29, 0.717) is 38.6 Å². The molecule has 0 fully saturated rings. The molecule has 2 amide bonds. The molecule has 1 atom stereocenters. The van der Waals surface area contributed by atoms with Crippen molar-refractivity contribution in [1.82, 2.24) is 10.6 Å². The third kappa shape index (κ3) is 25.0. The minimum Gasteiger partial charge on any atom is -0.467 e. The molecule has 39 heavy (non-hydrogen) atoms. The highest BCUT2D eigenvalue weighted by molar-refractivity contribution is 5.84. The second-order valence-corrected chi connectivity index (χ2v) is 10.2. The molecular weight excluding hydrogens is 492 g/mol. The summed E-state index contributed by atoms with van der Waals surface area (Å²) < 4.78 is 10.0. The SMILES string of the molecule is CCC=CCC=CCC=CCC=CCC=CCCCC(=O)NC(CCCCNC(=O)OC(C)(C)C)C(=O)OC. The van der Waals surface area contributed by atoms with Crippen molar-refractivity contribution in [2.24, 2.45) is 0 Å². The van der Waals surface area contributed by atoms with E-state index >= 15 is 0 Å². The first-order valence-electron chi connectivity index (χ1n) is 14.3. The van der Waals surface area contributed by atoms with E-state index in [-0.39, 0.29) is 5.91 Å². The molecule has 0 bridgehead atoms. The average Bonchev–Trinajstić information content (AvgIpc) is 2.88. The monoisotopic (exact) mass is 544 g/mol. The summed E-state index contributed by atoms with van der Waals surface area (Å²) in [6.07, 6.45) is 29.6. The number of hydrogen-bond donors (Lipinski definition) is 2. The zero-order valence-electron chi connectivity index (χ0n) is 24.9. The van der Waals surface area contributed by atoms with Crippen LogP contribution in [0.2, 0.25) is 0 Å². The summed E-state index contributed by atoms with van der Waals surface area (Å²) in [6.45, 7) is 7.99. The molecule has 0 heterocycles. The molecular formula is C32H52N2O5. The second-order valence-electron chi connectivity index (χ2n) is 10.2. The van der Waals surface area contributed by atoms with Gasteiger partial charge in [-0.25, -0.2) is 9.59 Å². The van der Waals surface area contributed by atoms with Crippen molar-refractivity contribution in [1.29, 1.82) is 0 Å². The summed E-state index contributed by atoms with van der Waals surface area (Å²) in [5, 5.41) is 5.47. The lowest BCUT2D eigenvalue weighted by Gasteiger charge is -2.20. The van der Waals surface area contributed by atoms with E-state index < -0.39 is 23.7 Å². The molecule has 7 nitrogen and oxygen atoms in total. The molecule has 0 spiro atoms. The first-order valence-corrected chi connectivity index (χ1v) is 14.3. The molecule has 0 aromatic rings. The summed E-state index contributed by atoms with van der Waals surface area (Å²) in [4.78, 5) is 36.0. The van der Waals surface area contributed by atoms with Gasteiger partial charge in [0.2, 0.25) is 5.91 Å². The predicted molar refractivity (Wildman–Crippen MR) is 160 cm³/mol. The van der Waals surface area contributed by atoms with Gasteiger partial charge in [-0.15, -0.1) is 0 Å². The maximum absolute atomic E-state index is 12.3. The summed E-state index contributed by atoms with van der Waals surface area (Å²) in [5.74, 6) is -0.620. The van der Waals surface area contributed by atoms with Crippen molar-refractivity contribution in [2.75, 3.05) is 13.7 Å². The fraction of sp³-hybridized carbons (Fsp3) is 0.594. The van der Waals surface area contributed by atoms with Crippen LogP contribution in [0.4, 0.5) is 4.79 Å². The summed E-state index contributed by atoms with van der Waals surface area (Å²) in [7, 11) is 1.31. The van der Waals surface area contributed by atoms with Crippen LogP contribution in [0.3, 0.4) is 0 Å². The Balaban J connectivity index is 4.02. The Labute approximate surface area is 236 Å². The van der Waals surface area contributed by atoms with Gasteiger partial charge in [0.05, 0.1) is 7.11 Å². The van der Waals surface area contributed by atoms with Gasteiger partial charge in [-0.2, -0.15) is 0 Å². The molecule has 0 saturated carbocycles. The van der Waals surface area contributed by atoms with Crippen LogP contribution in [-0.2, 0) is 19.1 Å². The maximum atomic E-state index is 12.3. The number of carbonyl (C=O) groups is 3. The number of nitrogens with one attached hydrogen (secondary N) is 2. The van der Waals surface area contributed by atoms with Gasteiger partial charge < -0.3 is 20.1 Å². The van der Waals surface area contributed by atoms with E-state index in [4.69, 9.17) is 9.47 Å². The number of rotatable bonds is 20. The van der Waals surface area contributed by atoms with E-state index in [1.54, 1.807) is 20.8 Å². The van der Waals surface area contributed by atoms with Crippen LogP contribution < -0.4 is 10.6 Å². The zero-order valence-corrected chi connectivity index (χ0v) is 24.9. The van der Waals surface area contributed by atoms with Gasteiger partial charge in [-0.3, -0.25) is 4.79 Å². The summed E-state index contributed by atoms with van der Waals surface area (Å²) >= 11 is 0. The van der Waals surface area contributed by atoms with Crippen LogP contribution >= 0.6 is 0 Å². The molecule has 0 aliphatic rings. The van der Waals surface area contributed by atoms with Crippen molar-refractivity contribution in [3.63, 3.8) is 0 Å². The Morgan fingerprint density at radius 3 is 1.82 bits per heavy atom. The maximum Gasteiger partial charge on any atom is 0.407 e. The molecule has 0 aliphatic heterocycles. The molecule has 2 N–H and O–H groups in total. The highest BCUT2D eigenvalue weighted by atomic mass is 16.6. The highest BCUT2D eigenvalue weighted by Gasteiger charge is 2.21. The smallest absolute Gasteiger partial charge is 0.407 e. The van der Waals surface area contributed by atoms with Gasteiger partial charge in [0.1, 0.15) is 11.6 Å². The lowest BCUT2D eigenvalue weighted by atomic mass is 10.1. The number of amides is 2. The number of allylic oxidation sites excluding steroid dienone is 10. The zero-order chi connectivity index (χ0) is 29.2. The molecule has 0 aromatic heterocycles. The minimum atomic E-state index is -0.683. The van der Waals surface area contributed by atoms with Gasteiger partial charge in [0.25, 0.3) is 0 Å². The van der Waals surface area contributed by atoms with Gasteiger partial charge >= 0.3 is 12.1 Å². The molecule has 7 heteroatoms. The average molecular weight is 545 g/mol. The predicted octanol–water partition coefficient (Wildman–Crippen LogP) is 7.26. The quantitative estimate of drug-likeness (QED) is 0.0955. The van der Waals surface area contributed by atoms with Crippen LogP contribution in [0.15, 0.2) is 60.8 Å². The normalized spacial score (nSPS) is 13.2. The van der Waals surface area contributed by atoms with Crippen molar-refractivity contribution < 1.29 is 23.9 Å². The Bertz CT molecular complexity index is 819. The van der Waals surface area contributed by atoms with Crippen LogP contribution in [-0.4, -0.2) is 43.3 Å². The molecule has 0 saturated heterocycles. The topological polar surface area (TPSA) is 93.7 Å². The molecule has 0 rings (SSSR count). The van der Waals surface area contributed by atoms with E-state index in [1.165, 1.54) is 7.11 Å². The first-order chi connectivity index (χ1) is 18.7. The Morgan fingerprint density at radius 1 is 0.769 bits per heavy atom. The molecule has 220 valence electrons. The van der Waals surface area contributed by atoms with Crippen molar-refractivity contribution in [3.05, 3.63) is 60.8 Å². The van der Waals surface area contributed by atoms with Crippen LogP contribution in [0, 0.1) is 0 Å². The van der Waals surface area contributed by atoms with Crippen molar-refractivity contribution in [2.45, 2.75) is 110 Å².